The molecule has 0 atom stereocenters. The van der Waals surface area contributed by atoms with Crippen LogP contribution in [0.2, 0.25) is 0 Å². The summed E-state index contributed by atoms with van der Waals surface area (Å²) in [5.41, 5.74) is 3.06. The Morgan fingerprint density at radius 3 is 2.54 bits per heavy atom. The van der Waals surface area contributed by atoms with E-state index in [1.54, 1.807) is 12.4 Å². The summed E-state index contributed by atoms with van der Waals surface area (Å²) in [6, 6.07) is 3.90. The highest BCUT2D eigenvalue weighted by molar-refractivity contribution is 5.59. The van der Waals surface area contributed by atoms with E-state index in [1.165, 1.54) is 0 Å². The maximum Gasteiger partial charge on any atom is 0.265 e. The molecule has 1 saturated heterocycles. The van der Waals surface area contributed by atoms with Crippen molar-refractivity contribution in [1.82, 2.24) is 25.1 Å². The van der Waals surface area contributed by atoms with Crippen LogP contribution in [0.5, 0.6) is 0 Å². The van der Waals surface area contributed by atoms with Crippen LogP contribution in [0.15, 0.2) is 29.0 Å². The van der Waals surface area contributed by atoms with Gasteiger partial charge < -0.3 is 14.3 Å². The molecule has 0 unspecified atom stereocenters. The van der Waals surface area contributed by atoms with Gasteiger partial charge in [0.2, 0.25) is 5.89 Å². The monoisotopic (exact) mass is 379 g/mol. The first-order valence-corrected chi connectivity index (χ1v) is 9.54. The molecule has 0 bridgehead atoms. The zero-order valence-corrected chi connectivity index (χ0v) is 16.8. The van der Waals surface area contributed by atoms with Crippen molar-refractivity contribution < 1.29 is 4.52 Å². The predicted octanol–water partition coefficient (Wildman–Crippen LogP) is 2.99. The SMILES string of the molecule is Cc1nc(-c2cccnc2)nc(N2CCC(c3nc(N(C)C)no3)CC2)c1C. The molecule has 4 heterocycles. The van der Waals surface area contributed by atoms with Gasteiger partial charge >= 0.3 is 0 Å². The fraction of sp³-hybridized carbons (Fsp3) is 0.450. The highest BCUT2D eigenvalue weighted by Crippen LogP contribution is 2.32. The van der Waals surface area contributed by atoms with Crippen molar-refractivity contribution in [2.75, 3.05) is 37.0 Å². The van der Waals surface area contributed by atoms with Gasteiger partial charge in [-0.15, -0.1) is 0 Å². The first kappa shape index (κ1) is 18.3. The minimum absolute atomic E-state index is 0.290. The normalized spacial score (nSPS) is 15.1. The Morgan fingerprint density at radius 1 is 1.11 bits per heavy atom. The van der Waals surface area contributed by atoms with Gasteiger partial charge in [0.05, 0.1) is 0 Å². The number of piperidine rings is 1. The first-order chi connectivity index (χ1) is 13.5. The van der Waals surface area contributed by atoms with E-state index in [2.05, 4.69) is 31.9 Å². The molecule has 4 rings (SSSR count). The van der Waals surface area contributed by atoms with Crippen molar-refractivity contribution in [3.63, 3.8) is 0 Å². The van der Waals surface area contributed by atoms with Gasteiger partial charge in [0.15, 0.2) is 5.82 Å². The average Bonchev–Trinajstić information content (AvgIpc) is 3.21. The predicted molar refractivity (Wildman–Crippen MR) is 108 cm³/mol. The van der Waals surface area contributed by atoms with Gasteiger partial charge in [0.25, 0.3) is 5.95 Å². The molecule has 0 spiro atoms. The Bertz CT molecular complexity index is 946. The molecule has 0 aliphatic carbocycles. The summed E-state index contributed by atoms with van der Waals surface area (Å²) in [6.45, 7) is 5.92. The lowest BCUT2D eigenvalue weighted by molar-refractivity contribution is 0.329. The highest BCUT2D eigenvalue weighted by atomic mass is 16.5. The van der Waals surface area contributed by atoms with Gasteiger partial charge in [-0.2, -0.15) is 4.98 Å². The van der Waals surface area contributed by atoms with E-state index < -0.39 is 0 Å². The molecule has 146 valence electrons. The summed E-state index contributed by atoms with van der Waals surface area (Å²) < 4.78 is 5.47. The molecule has 1 aliphatic rings. The van der Waals surface area contributed by atoms with Crippen LogP contribution in [0.25, 0.3) is 11.4 Å². The molecule has 0 amide bonds. The average molecular weight is 379 g/mol. The van der Waals surface area contributed by atoms with Crippen molar-refractivity contribution in [3.8, 4) is 11.4 Å². The second kappa shape index (κ2) is 7.53. The van der Waals surface area contributed by atoms with Crippen molar-refractivity contribution in [1.29, 1.82) is 0 Å². The van der Waals surface area contributed by atoms with Crippen LogP contribution in [0.4, 0.5) is 11.8 Å². The standard InChI is InChI=1S/C20H25N7O/c1-13-14(2)22-17(16-6-5-9-21-12-16)23-18(13)27-10-7-15(8-11-27)19-24-20(25-28-19)26(3)4/h5-6,9,12,15H,7-8,10-11H2,1-4H3. The number of aryl methyl sites for hydroxylation is 1. The smallest absolute Gasteiger partial charge is 0.265 e. The maximum atomic E-state index is 5.47. The van der Waals surface area contributed by atoms with Gasteiger partial charge in [-0.3, -0.25) is 4.98 Å². The van der Waals surface area contributed by atoms with Crippen molar-refractivity contribution in [3.05, 3.63) is 41.7 Å². The van der Waals surface area contributed by atoms with E-state index in [0.29, 0.717) is 11.9 Å². The van der Waals surface area contributed by atoms with Crippen molar-refractivity contribution in [2.24, 2.45) is 0 Å². The third-order valence-corrected chi connectivity index (χ3v) is 5.26. The van der Waals surface area contributed by atoms with E-state index in [9.17, 15) is 0 Å². The number of nitrogens with zero attached hydrogens (tertiary/aromatic N) is 7. The topological polar surface area (TPSA) is 84.1 Å². The Hall–Kier alpha value is -3.03. The molecule has 3 aromatic rings. The Kier molecular flexibility index (Phi) is 4.93. The quantitative estimate of drug-likeness (QED) is 0.684. The van der Waals surface area contributed by atoms with E-state index >= 15 is 0 Å². The fourth-order valence-corrected chi connectivity index (χ4v) is 3.46. The Morgan fingerprint density at radius 2 is 1.89 bits per heavy atom. The van der Waals surface area contributed by atoms with E-state index in [0.717, 1.165) is 60.3 Å². The van der Waals surface area contributed by atoms with Crippen LogP contribution in [-0.4, -0.2) is 52.3 Å². The second-order valence-electron chi connectivity index (χ2n) is 7.41. The molecule has 0 aromatic carbocycles. The Balaban J connectivity index is 1.53. The molecule has 28 heavy (non-hydrogen) atoms. The number of rotatable bonds is 4. The highest BCUT2D eigenvalue weighted by Gasteiger charge is 2.27. The minimum atomic E-state index is 0.290. The van der Waals surface area contributed by atoms with Gasteiger partial charge in [-0.05, 0) is 44.0 Å². The molecule has 8 nitrogen and oxygen atoms in total. The first-order valence-electron chi connectivity index (χ1n) is 9.54. The zero-order chi connectivity index (χ0) is 19.7. The number of anilines is 2. The summed E-state index contributed by atoms with van der Waals surface area (Å²) in [5, 5.41) is 4.04. The van der Waals surface area contributed by atoms with Gasteiger partial charge in [0.1, 0.15) is 5.82 Å². The minimum Gasteiger partial charge on any atom is -0.356 e. The molecule has 1 fully saturated rings. The summed E-state index contributed by atoms with van der Waals surface area (Å²) in [6.07, 6.45) is 5.48. The molecular weight excluding hydrogens is 354 g/mol. The van der Waals surface area contributed by atoms with Crippen LogP contribution in [0.1, 0.15) is 35.9 Å². The van der Waals surface area contributed by atoms with Crippen LogP contribution < -0.4 is 9.80 Å². The number of hydrogen-bond acceptors (Lipinski definition) is 8. The number of hydrogen-bond donors (Lipinski definition) is 0. The van der Waals surface area contributed by atoms with E-state index in [-0.39, 0.29) is 0 Å². The van der Waals surface area contributed by atoms with E-state index in [1.807, 2.05) is 38.1 Å². The van der Waals surface area contributed by atoms with Gasteiger partial charge in [0, 0.05) is 62.3 Å². The van der Waals surface area contributed by atoms with Crippen molar-refractivity contribution >= 4 is 11.8 Å². The van der Waals surface area contributed by atoms with Gasteiger partial charge in [-0.25, -0.2) is 9.97 Å². The van der Waals surface area contributed by atoms with Crippen LogP contribution in [0.3, 0.4) is 0 Å². The van der Waals surface area contributed by atoms with E-state index in [4.69, 9.17) is 9.51 Å². The van der Waals surface area contributed by atoms with Crippen molar-refractivity contribution in [2.45, 2.75) is 32.6 Å². The summed E-state index contributed by atoms with van der Waals surface area (Å²) in [4.78, 5) is 22.4. The third-order valence-electron chi connectivity index (χ3n) is 5.26. The Labute approximate surface area is 164 Å². The zero-order valence-electron chi connectivity index (χ0n) is 16.8. The fourth-order valence-electron chi connectivity index (χ4n) is 3.46. The van der Waals surface area contributed by atoms with Crippen LogP contribution in [0, 0.1) is 13.8 Å². The van der Waals surface area contributed by atoms with Crippen LogP contribution >= 0.6 is 0 Å². The molecule has 8 heteroatoms. The summed E-state index contributed by atoms with van der Waals surface area (Å²) in [5.74, 6) is 3.37. The second-order valence-corrected chi connectivity index (χ2v) is 7.41. The number of pyridine rings is 1. The largest absolute Gasteiger partial charge is 0.356 e. The maximum absolute atomic E-state index is 5.47. The van der Waals surface area contributed by atoms with Crippen LogP contribution in [-0.2, 0) is 0 Å². The molecular formula is C20H25N7O. The lowest BCUT2D eigenvalue weighted by Crippen LogP contribution is -2.34. The molecule has 1 aliphatic heterocycles. The molecule has 0 saturated carbocycles. The summed E-state index contributed by atoms with van der Waals surface area (Å²) >= 11 is 0. The lowest BCUT2D eigenvalue weighted by atomic mass is 9.96. The summed E-state index contributed by atoms with van der Waals surface area (Å²) in [7, 11) is 3.83. The number of aromatic nitrogens is 5. The van der Waals surface area contributed by atoms with Gasteiger partial charge in [-0.1, -0.05) is 0 Å². The lowest BCUT2D eigenvalue weighted by Gasteiger charge is -2.32. The third kappa shape index (κ3) is 3.54. The molecule has 0 N–H and O–H groups in total. The molecule has 3 aromatic heterocycles. The molecule has 0 radical (unpaired) electrons.